The molecule has 4 rings (SSSR count). The van der Waals surface area contributed by atoms with E-state index in [1.165, 1.54) is 0 Å². The van der Waals surface area contributed by atoms with Gasteiger partial charge >= 0.3 is 0 Å². The Morgan fingerprint density at radius 1 is 0.897 bits per heavy atom. The van der Waals surface area contributed by atoms with E-state index in [2.05, 4.69) is 22.2 Å². The SMILES string of the molecule is CN1CCN(c2ccc(NC(=O)CCN3C(=O)c4ccccc4C3=O)cc2)CC1. The van der Waals surface area contributed by atoms with Gasteiger partial charge in [0.15, 0.2) is 0 Å². The molecule has 0 bridgehead atoms. The number of hydrogen-bond donors (Lipinski definition) is 1. The van der Waals surface area contributed by atoms with Crippen LogP contribution in [0.4, 0.5) is 11.4 Å². The molecule has 7 nitrogen and oxygen atoms in total. The van der Waals surface area contributed by atoms with Crippen molar-refractivity contribution in [1.29, 1.82) is 0 Å². The summed E-state index contributed by atoms with van der Waals surface area (Å²) >= 11 is 0. The van der Waals surface area contributed by atoms with Crippen LogP contribution in [0.3, 0.4) is 0 Å². The van der Waals surface area contributed by atoms with Crippen molar-refractivity contribution < 1.29 is 14.4 Å². The number of piperazine rings is 1. The maximum Gasteiger partial charge on any atom is 0.261 e. The van der Waals surface area contributed by atoms with Crippen LogP contribution in [0.5, 0.6) is 0 Å². The smallest absolute Gasteiger partial charge is 0.261 e. The summed E-state index contributed by atoms with van der Waals surface area (Å²) in [6.07, 6.45) is 0.0612. The standard InChI is InChI=1S/C22H24N4O3/c1-24-12-14-25(15-13-24)17-8-6-16(7-9-17)23-20(27)10-11-26-21(28)18-4-2-3-5-19(18)22(26)29/h2-9H,10-15H2,1H3,(H,23,27). The Morgan fingerprint density at radius 3 is 2.07 bits per heavy atom. The topological polar surface area (TPSA) is 73.0 Å². The van der Waals surface area contributed by atoms with Crippen LogP contribution >= 0.6 is 0 Å². The lowest BCUT2D eigenvalue weighted by molar-refractivity contribution is -0.116. The van der Waals surface area contributed by atoms with Crippen LogP contribution in [0.1, 0.15) is 27.1 Å². The number of fused-ring (bicyclic) bond motifs is 1. The molecule has 150 valence electrons. The van der Waals surface area contributed by atoms with Gasteiger partial charge in [0, 0.05) is 50.5 Å². The molecular weight excluding hydrogens is 368 g/mol. The number of anilines is 2. The van der Waals surface area contributed by atoms with Gasteiger partial charge in [-0.25, -0.2) is 0 Å². The lowest BCUT2D eigenvalue weighted by Crippen LogP contribution is -2.44. The Bertz CT molecular complexity index is 898. The summed E-state index contributed by atoms with van der Waals surface area (Å²) in [5.74, 6) is -0.904. The molecule has 0 atom stereocenters. The van der Waals surface area contributed by atoms with E-state index in [9.17, 15) is 14.4 Å². The first kappa shape index (κ1) is 19.1. The average Bonchev–Trinajstić information content (AvgIpc) is 2.98. The minimum atomic E-state index is -0.338. The van der Waals surface area contributed by atoms with Gasteiger partial charge in [-0.2, -0.15) is 0 Å². The molecule has 1 N–H and O–H groups in total. The first-order valence-corrected chi connectivity index (χ1v) is 9.81. The number of nitrogens with one attached hydrogen (secondary N) is 1. The maximum absolute atomic E-state index is 12.4. The van der Waals surface area contributed by atoms with Gasteiger partial charge in [0.05, 0.1) is 11.1 Å². The number of benzene rings is 2. The summed E-state index contributed by atoms with van der Waals surface area (Å²) in [5.41, 5.74) is 2.65. The van der Waals surface area contributed by atoms with Crippen molar-refractivity contribution in [3.8, 4) is 0 Å². The fraction of sp³-hybridized carbons (Fsp3) is 0.318. The summed E-state index contributed by atoms with van der Waals surface area (Å²) in [4.78, 5) is 42.8. The predicted molar refractivity (Wildman–Crippen MR) is 111 cm³/mol. The van der Waals surface area contributed by atoms with Crippen LogP contribution in [-0.2, 0) is 4.79 Å². The number of carbonyl (C=O) groups excluding carboxylic acids is 3. The fourth-order valence-corrected chi connectivity index (χ4v) is 3.70. The highest BCUT2D eigenvalue weighted by Crippen LogP contribution is 2.23. The minimum Gasteiger partial charge on any atom is -0.369 e. The van der Waals surface area contributed by atoms with Crippen molar-refractivity contribution in [3.63, 3.8) is 0 Å². The summed E-state index contributed by atoms with van der Waals surface area (Å²) in [6, 6.07) is 14.5. The van der Waals surface area contributed by atoms with Crippen LogP contribution in [0.15, 0.2) is 48.5 Å². The van der Waals surface area contributed by atoms with Crippen LogP contribution in [0.25, 0.3) is 0 Å². The van der Waals surface area contributed by atoms with Crippen molar-refractivity contribution in [2.75, 3.05) is 50.0 Å². The third-order valence-electron chi connectivity index (χ3n) is 5.46. The van der Waals surface area contributed by atoms with Crippen LogP contribution in [-0.4, -0.2) is 67.3 Å². The van der Waals surface area contributed by atoms with Crippen molar-refractivity contribution in [2.45, 2.75) is 6.42 Å². The molecule has 2 aliphatic rings. The van der Waals surface area contributed by atoms with Gasteiger partial charge in [-0.15, -0.1) is 0 Å². The van der Waals surface area contributed by atoms with E-state index in [1.807, 2.05) is 24.3 Å². The third-order valence-corrected chi connectivity index (χ3v) is 5.46. The molecule has 1 saturated heterocycles. The van der Waals surface area contributed by atoms with Crippen LogP contribution in [0.2, 0.25) is 0 Å². The number of rotatable bonds is 5. The molecule has 0 aromatic heterocycles. The summed E-state index contributed by atoms with van der Waals surface area (Å²) in [5, 5.41) is 2.84. The second-order valence-corrected chi connectivity index (χ2v) is 7.44. The first-order chi connectivity index (χ1) is 14.0. The zero-order valence-electron chi connectivity index (χ0n) is 16.4. The molecule has 0 radical (unpaired) electrons. The molecule has 0 aliphatic carbocycles. The molecule has 29 heavy (non-hydrogen) atoms. The number of nitrogens with zero attached hydrogens (tertiary/aromatic N) is 3. The number of amides is 3. The van der Waals surface area contributed by atoms with E-state index in [-0.39, 0.29) is 30.7 Å². The van der Waals surface area contributed by atoms with Crippen molar-refractivity contribution in [3.05, 3.63) is 59.7 Å². The Hall–Kier alpha value is -3.19. The Morgan fingerprint density at radius 2 is 1.48 bits per heavy atom. The summed E-state index contributed by atoms with van der Waals surface area (Å²) in [6.45, 7) is 4.12. The van der Waals surface area contributed by atoms with Crippen molar-refractivity contribution in [1.82, 2.24) is 9.80 Å². The van der Waals surface area contributed by atoms with Gasteiger partial charge in [-0.1, -0.05) is 12.1 Å². The quantitative estimate of drug-likeness (QED) is 0.789. The predicted octanol–water partition coefficient (Wildman–Crippen LogP) is 2.06. The maximum atomic E-state index is 12.4. The van der Waals surface area contributed by atoms with E-state index in [4.69, 9.17) is 0 Å². The molecule has 2 heterocycles. The Kier molecular flexibility index (Phi) is 5.31. The van der Waals surface area contributed by atoms with Crippen LogP contribution in [0, 0.1) is 0 Å². The second kappa shape index (κ2) is 8.05. The lowest BCUT2D eigenvalue weighted by Gasteiger charge is -2.34. The first-order valence-electron chi connectivity index (χ1n) is 9.81. The molecule has 2 aliphatic heterocycles. The number of carbonyl (C=O) groups is 3. The molecule has 3 amide bonds. The molecule has 0 spiro atoms. The summed E-state index contributed by atoms with van der Waals surface area (Å²) in [7, 11) is 2.12. The van der Waals surface area contributed by atoms with Crippen molar-refractivity contribution >= 4 is 29.1 Å². The molecule has 0 saturated carbocycles. The second-order valence-electron chi connectivity index (χ2n) is 7.44. The van der Waals surface area contributed by atoms with Gasteiger partial charge in [0.25, 0.3) is 11.8 Å². The monoisotopic (exact) mass is 392 g/mol. The fourth-order valence-electron chi connectivity index (χ4n) is 3.70. The highest BCUT2D eigenvalue weighted by molar-refractivity contribution is 6.21. The molecule has 2 aromatic carbocycles. The average molecular weight is 392 g/mol. The van der Waals surface area contributed by atoms with E-state index in [1.54, 1.807) is 24.3 Å². The molecule has 2 aromatic rings. The summed E-state index contributed by atoms with van der Waals surface area (Å²) < 4.78 is 0. The van der Waals surface area contributed by atoms with Gasteiger partial charge < -0.3 is 15.1 Å². The zero-order valence-corrected chi connectivity index (χ0v) is 16.4. The Balaban J connectivity index is 1.30. The Labute approximate surface area is 169 Å². The van der Waals surface area contributed by atoms with Gasteiger partial charge in [-0.3, -0.25) is 19.3 Å². The van der Waals surface area contributed by atoms with Gasteiger partial charge in [0.2, 0.25) is 5.91 Å². The zero-order chi connectivity index (χ0) is 20.4. The largest absolute Gasteiger partial charge is 0.369 e. The van der Waals surface area contributed by atoms with Gasteiger partial charge in [0.1, 0.15) is 0 Å². The van der Waals surface area contributed by atoms with E-state index in [0.717, 1.165) is 36.8 Å². The highest BCUT2D eigenvalue weighted by Gasteiger charge is 2.34. The third kappa shape index (κ3) is 4.00. The molecule has 7 heteroatoms. The van der Waals surface area contributed by atoms with Gasteiger partial charge in [-0.05, 0) is 43.4 Å². The lowest BCUT2D eigenvalue weighted by atomic mass is 10.1. The minimum absolute atomic E-state index is 0.0612. The number of imide groups is 1. The molecule has 0 unspecified atom stereocenters. The molecule has 1 fully saturated rings. The van der Waals surface area contributed by atoms with E-state index < -0.39 is 0 Å². The highest BCUT2D eigenvalue weighted by atomic mass is 16.2. The van der Waals surface area contributed by atoms with E-state index >= 15 is 0 Å². The number of hydrogen-bond acceptors (Lipinski definition) is 5. The molecular formula is C22H24N4O3. The van der Waals surface area contributed by atoms with Crippen molar-refractivity contribution in [2.24, 2.45) is 0 Å². The number of likely N-dealkylation sites (N-methyl/N-ethyl adjacent to an activating group) is 1. The van der Waals surface area contributed by atoms with E-state index in [0.29, 0.717) is 16.8 Å². The normalized spacial score (nSPS) is 16.9. The van der Waals surface area contributed by atoms with Crippen LogP contribution < -0.4 is 10.2 Å².